The Morgan fingerprint density at radius 2 is 2.10 bits per heavy atom. The van der Waals surface area contributed by atoms with E-state index in [0.717, 1.165) is 11.3 Å². The molecule has 0 atom stereocenters. The Morgan fingerprint density at radius 3 is 2.69 bits per heavy atom. The van der Waals surface area contributed by atoms with Crippen molar-refractivity contribution in [3.63, 3.8) is 0 Å². The molecule has 0 saturated carbocycles. The fourth-order valence-electron chi connectivity index (χ4n) is 2.42. The summed E-state index contributed by atoms with van der Waals surface area (Å²) < 4.78 is 11.2. The van der Waals surface area contributed by atoms with Gasteiger partial charge in [-0.05, 0) is 32.0 Å². The predicted molar refractivity (Wildman–Crippen MR) is 107 cm³/mol. The molecule has 0 spiro atoms. The third-order valence-corrected chi connectivity index (χ3v) is 4.93. The number of aromatic hydroxyl groups is 1. The average molecular weight is 417 g/mol. The number of hydrogen-bond donors (Lipinski definition) is 2. The van der Waals surface area contributed by atoms with E-state index in [0.29, 0.717) is 5.69 Å². The van der Waals surface area contributed by atoms with E-state index in [1.807, 2.05) is 0 Å². The molecule has 0 fully saturated rings. The van der Waals surface area contributed by atoms with Gasteiger partial charge in [-0.15, -0.1) is 11.3 Å². The van der Waals surface area contributed by atoms with E-state index in [1.165, 1.54) is 36.1 Å². The van der Waals surface area contributed by atoms with Gasteiger partial charge in [0.1, 0.15) is 26.6 Å². The first kappa shape index (κ1) is 21.7. The van der Waals surface area contributed by atoms with Gasteiger partial charge in [-0.3, -0.25) is 9.36 Å². The topological polar surface area (TPSA) is 131 Å². The quantitative estimate of drug-likeness (QED) is 0.514. The van der Waals surface area contributed by atoms with Gasteiger partial charge in [-0.25, -0.2) is 9.59 Å². The molecular weight excluding hydrogens is 398 g/mol. The van der Waals surface area contributed by atoms with Crippen LogP contribution in [0.15, 0.2) is 23.0 Å². The van der Waals surface area contributed by atoms with Gasteiger partial charge < -0.3 is 19.9 Å². The highest BCUT2D eigenvalue weighted by Gasteiger charge is 2.16. The highest BCUT2D eigenvalue weighted by molar-refractivity contribution is 7.07. The van der Waals surface area contributed by atoms with Crippen molar-refractivity contribution >= 4 is 40.7 Å². The number of phenols is 1. The zero-order valence-electron chi connectivity index (χ0n) is 16.0. The molecule has 0 radical (unpaired) electrons. The lowest BCUT2D eigenvalue weighted by molar-refractivity contribution is -0.136. The van der Waals surface area contributed by atoms with Crippen LogP contribution in [0.5, 0.6) is 5.75 Å². The standard InChI is InChI=1S/C19H19N3O6S/c1-4-22-16(24)15(29-17(22)13(9-20)19(26)28-5-2)10-21-11-6-7-14(23)12(8-11)18(25)27-3/h6-8,10,21,23H,4-5H2,1-3H3/b15-10+,17-13+. The lowest BCUT2D eigenvalue weighted by Gasteiger charge is -2.05. The second-order valence-electron chi connectivity index (χ2n) is 5.54. The Bertz CT molecular complexity index is 1160. The van der Waals surface area contributed by atoms with Gasteiger partial charge in [0.25, 0.3) is 5.56 Å². The average Bonchev–Trinajstić information content (AvgIpc) is 3.02. The molecule has 1 heterocycles. The van der Waals surface area contributed by atoms with E-state index in [4.69, 9.17) is 4.74 Å². The number of nitrogens with one attached hydrogen (secondary N) is 1. The molecule has 0 saturated heterocycles. The van der Waals surface area contributed by atoms with Gasteiger partial charge in [0.2, 0.25) is 0 Å². The Kier molecular flexibility index (Phi) is 7.16. The van der Waals surface area contributed by atoms with E-state index >= 15 is 0 Å². The van der Waals surface area contributed by atoms with Crippen LogP contribution in [0.3, 0.4) is 0 Å². The van der Waals surface area contributed by atoms with Gasteiger partial charge in [-0.1, -0.05) is 0 Å². The van der Waals surface area contributed by atoms with Crippen LogP contribution in [0.1, 0.15) is 24.2 Å². The van der Waals surface area contributed by atoms with E-state index in [2.05, 4.69) is 10.1 Å². The van der Waals surface area contributed by atoms with E-state index in [-0.39, 0.29) is 44.8 Å². The third-order valence-electron chi connectivity index (χ3n) is 3.80. The summed E-state index contributed by atoms with van der Waals surface area (Å²) in [5, 5.41) is 22.0. The Hall–Kier alpha value is -3.58. The van der Waals surface area contributed by atoms with Crippen LogP contribution in [0.2, 0.25) is 0 Å². The number of aromatic nitrogens is 1. The highest BCUT2D eigenvalue weighted by Crippen LogP contribution is 2.22. The summed E-state index contributed by atoms with van der Waals surface area (Å²) in [6.45, 7) is 3.71. The SMILES string of the molecule is CCOC(=O)/C(C#N)=c1/s/c(=C/Nc2ccc(O)c(C(=O)OC)c2)c(=O)n1CC. The number of nitrogens with zero attached hydrogens (tertiary/aromatic N) is 2. The zero-order valence-corrected chi connectivity index (χ0v) is 16.8. The molecule has 2 N–H and O–H groups in total. The second kappa shape index (κ2) is 9.57. The lowest BCUT2D eigenvalue weighted by Crippen LogP contribution is -2.32. The fraction of sp³-hybridized carbons (Fsp3) is 0.263. The van der Waals surface area contributed by atoms with Crippen LogP contribution in [0, 0.1) is 11.3 Å². The molecule has 0 amide bonds. The normalized spacial score (nSPS) is 12.1. The van der Waals surface area contributed by atoms with Gasteiger partial charge >= 0.3 is 11.9 Å². The molecule has 0 aliphatic rings. The molecule has 9 nitrogen and oxygen atoms in total. The molecular formula is C19H19N3O6S. The van der Waals surface area contributed by atoms with Crippen LogP contribution < -0.4 is 20.1 Å². The molecule has 2 rings (SSSR count). The van der Waals surface area contributed by atoms with E-state index < -0.39 is 11.9 Å². The molecule has 2 aromatic rings. The van der Waals surface area contributed by atoms with Gasteiger partial charge in [0, 0.05) is 18.4 Å². The van der Waals surface area contributed by atoms with Crippen LogP contribution in [-0.4, -0.2) is 35.3 Å². The number of ether oxygens (including phenoxy) is 2. The monoisotopic (exact) mass is 417 g/mol. The van der Waals surface area contributed by atoms with Crippen molar-refractivity contribution in [3.05, 3.63) is 43.3 Å². The molecule has 152 valence electrons. The summed E-state index contributed by atoms with van der Waals surface area (Å²) in [5.41, 5.74) is -0.237. The molecule has 1 aromatic heterocycles. The number of methoxy groups -OCH3 is 1. The number of thiazole rings is 1. The van der Waals surface area contributed by atoms with Crippen LogP contribution in [0.4, 0.5) is 5.69 Å². The summed E-state index contributed by atoms with van der Waals surface area (Å²) in [5.74, 6) is -1.74. The number of hydrogen-bond acceptors (Lipinski definition) is 9. The third kappa shape index (κ3) is 4.64. The largest absolute Gasteiger partial charge is 0.507 e. The fourth-order valence-corrected chi connectivity index (χ4v) is 3.50. The lowest BCUT2D eigenvalue weighted by atomic mass is 10.2. The molecule has 0 bridgehead atoms. The molecule has 29 heavy (non-hydrogen) atoms. The predicted octanol–water partition coefficient (Wildman–Crippen LogP) is 0.509. The minimum absolute atomic E-state index is 0.0360. The highest BCUT2D eigenvalue weighted by atomic mass is 32.1. The first-order valence-corrected chi connectivity index (χ1v) is 9.38. The molecule has 1 aromatic carbocycles. The Labute approximate surface area is 169 Å². The number of anilines is 1. The number of nitriles is 1. The van der Waals surface area contributed by atoms with E-state index in [1.54, 1.807) is 19.9 Å². The van der Waals surface area contributed by atoms with Gasteiger partial charge in [0.15, 0.2) is 5.57 Å². The zero-order chi connectivity index (χ0) is 21.6. The smallest absolute Gasteiger partial charge is 0.351 e. The number of rotatable bonds is 6. The van der Waals surface area contributed by atoms with Crippen molar-refractivity contribution in [3.8, 4) is 11.8 Å². The molecule has 0 unspecified atom stereocenters. The number of benzene rings is 1. The van der Waals surface area contributed by atoms with Crippen molar-refractivity contribution < 1.29 is 24.2 Å². The number of carbonyl (C=O) groups excluding carboxylic acids is 2. The summed E-state index contributed by atoms with van der Waals surface area (Å²) in [4.78, 5) is 36.3. The number of esters is 2. The minimum atomic E-state index is -0.792. The summed E-state index contributed by atoms with van der Waals surface area (Å²) in [7, 11) is 1.20. The van der Waals surface area contributed by atoms with Crippen molar-refractivity contribution in [1.82, 2.24) is 4.57 Å². The van der Waals surface area contributed by atoms with E-state index in [9.17, 15) is 24.8 Å². The molecule has 0 aliphatic carbocycles. The number of carbonyl (C=O) groups is 2. The van der Waals surface area contributed by atoms with Gasteiger partial charge in [-0.2, -0.15) is 5.26 Å². The Balaban J connectivity index is 2.55. The first-order chi connectivity index (χ1) is 13.9. The van der Waals surface area contributed by atoms with Crippen LogP contribution in [0.25, 0.3) is 11.8 Å². The van der Waals surface area contributed by atoms with Crippen LogP contribution >= 0.6 is 11.3 Å². The molecule has 10 heteroatoms. The van der Waals surface area contributed by atoms with Crippen molar-refractivity contribution in [2.24, 2.45) is 0 Å². The molecule has 0 aliphatic heterocycles. The van der Waals surface area contributed by atoms with Crippen molar-refractivity contribution in [2.75, 3.05) is 19.0 Å². The van der Waals surface area contributed by atoms with Gasteiger partial charge in [0.05, 0.1) is 13.7 Å². The maximum Gasteiger partial charge on any atom is 0.351 e. The maximum absolute atomic E-state index is 12.6. The summed E-state index contributed by atoms with van der Waals surface area (Å²) in [6.07, 6.45) is 1.40. The summed E-state index contributed by atoms with van der Waals surface area (Å²) >= 11 is 0.966. The minimum Gasteiger partial charge on any atom is -0.507 e. The van der Waals surface area contributed by atoms with Crippen LogP contribution in [-0.2, 0) is 20.8 Å². The van der Waals surface area contributed by atoms with Crippen molar-refractivity contribution in [2.45, 2.75) is 20.4 Å². The Morgan fingerprint density at radius 1 is 1.38 bits per heavy atom. The number of phenolic OH excluding ortho intramolecular Hbond substituents is 1. The second-order valence-corrected chi connectivity index (χ2v) is 6.57. The summed E-state index contributed by atoms with van der Waals surface area (Å²) in [6, 6.07) is 6.00. The maximum atomic E-state index is 12.6. The van der Waals surface area contributed by atoms with Crippen molar-refractivity contribution in [1.29, 1.82) is 5.26 Å². The first-order valence-electron chi connectivity index (χ1n) is 8.57.